The predicted molar refractivity (Wildman–Crippen MR) is 113 cm³/mol. The molecule has 2 unspecified atom stereocenters. The summed E-state index contributed by atoms with van der Waals surface area (Å²) in [7, 11) is 0. The summed E-state index contributed by atoms with van der Waals surface area (Å²) >= 11 is 0. The van der Waals surface area contributed by atoms with Crippen molar-refractivity contribution in [3.8, 4) is 0 Å². The molecule has 3 fully saturated rings. The number of hydrogen-bond donors (Lipinski definition) is 1. The molecular formula is C23H31N3O3. The Kier molecular flexibility index (Phi) is 6.16. The van der Waals surface area contributed by atoms with Gasteiger partial charge in [0, 0.05) is 37.4 Å². The van der Waals surface area contributed by atoms with Crippen molar-refractivity contribution in [1.82, 2.24) is 4.90 Å². The quantitative estimate of drug-likeness (QED) is 0.771. The Hall–Kier alpha value is -2.37. The van der Waals surface area contributed by atoms with Crippen LogP contribution in [0.25, 0.3) is 0 Å². The maximum Gasteiger partial charge on any atom is 0.233 e. The van der Waals surface area contributed by atoms with E-state index in [0.717, 1.165) is 44.5 Å². The number of likely N-dealkylation sites (tertiary alicyclic amines) is 1. The Labute approximate surface area is 172 Å². The summed E-state index contributed by atoms with van der Waals surface area (Å²) < 4.78 is 0. The van der Waals surface area contributed by atoms with Crippen LogP contribution in [0.2, 0.25) is 0 Å². The fourth-order valence-corrected chi connectivity index (χ4v) is 4.97. The fraction of sp³-hybridized carbons (Fsp3) is 0.609. The van der Waals surface area contributed by atoms with Crippen LogP contribution in [-0.2, 0) is 14.4 Å². The third-order valence-electron chi connectivity index (χ3n) is 6.62. The third kappa shape index (κ3) is 4.46. The highest BCUT2D eigenvalue weighted by Crippen LogP contribution is 2.38. The van der Waals surface area contributed by atoms with Gasteiger partial charge in [-0.2, -0.15) is 0 Å². The number of carbonyl (C=O) groups excluding carboxylic acids is 3. The van der Waals surface area contributed by atoms with Gasteiger partial charge < -0.3 is 10.2 Å². The molecular weight excluding hydrogens is 366 g/mol. The minimum absolute atomic E-state index is 0.0747. The predicted octanol–water partition coefficient (Wildman–Crippen LogP) is 3.57. The van der Waals surface area contributed by atoms with Crippen LogP contribution >= 0.6 is 0 Å². The average Bonchev–Trinajstić information content (AvgIpc) is 2.92. The minimum atomic E-state index is -0.164. The smallest absolute Gasteiger partial charge is 0.233 e. The van der Waals surface area contributed by atoms with Gasteiger partial charge in [0.1, 0.15) is 0 Å². The lowest BCUT2D eigenvalue weighted by atomic mass is 9.81. The van der Waals surface area contributed by atoms with E-state index in [4.69, 9.17) is 0 Å². The van der Waals surface area contributed by atoms with Crippen LogP contribution < -0.4 is 10.2 Å². The Balaban J connectivity index is 1.28. The summed E-state index contributed by atoms with van der Waals surface area (Å²) in [4.78, 5) is 41.1. The van der Waals surface area contributed by atoms with Gasteiger partial charge in [-0.05, 0) is 49.9 Å². The summed E-state index contributed by atoms with van der Waals surface area (Å²) in [5.74, 6) is -0.608. The molecule has 0 radical (unpaired) electrons. The van der Waals surface area contributed by atoms with Crippen LogP contribution in [0, 0.1) is 11.8 Å². The Morgan fingerprint density at radius 1 is 0.862 bits per heavy atom. The highest BCUT2D eigenvalue weighted by molar-refractivity contribution is 6.05. The monoisotopic (exact) mass is 397 g/mol. The van der Waals surface area contributed by atoms with Crippen molar-refractivity contribution >= 4 is 29.1 Å². The Morgan fingerprint density at radius 2 is 1.45 bits per heavy atom. The maximum atomic E-state index is 12.5. The fourth-order valence-electron chi connectivity index (χ4n) is 4.97. The van der Waals surface area contributed by atoms with Gasteiger partial charge in [-0.25, -0.2) is 0 Å². The molecule has 156 valence electrons. The highest BCUT2D eigenvalue weighted by Gasteiger charge is 2.47. The number of fused-ring (bicyclic) bond motifs is 1. The lowest BCUT2D eigenvalue weighted by Gasteiger charge is -2.22. The number of rotatable bonds is 5. The normalized spacial score (nSPS) is 25.0. The van der Waals surface area contributed by atoms with Crippen LogP contribution in [0.4, 0.5) is 11.4 Å². The molecule has 2 aliphatic heterocycles. The zero-order chi connectivity index (χ0) is 20.2. The third-order valence-corrected chi connectivity index (χ3v) is 6.62. The summed E-state index contributed by atoms with van der Waals surface area (Å²) in [6, 6.07) is 7.97. The van der Waals surface area contributed by atoms with E-state index in [-0.39, 0.29) is 42.5 Å². The molecule has 1 N–H and O–H groups in total. The van der Waals surface area contributed by atoms with Gasteiger partial charge in [-0.15, -0.1) is 0 Å². The lowest BCUT2D eigenvalue weighted by Crippen LogP contribution is -2.34. The first kappa shape index (κ1) is 19.9. The molecule has 1 saturated carbocycles. The molecule has 3 amide bonds. The number of benzene rings is 1. The summed E-state index contributed by atoms with van der Waals surface area (Å²) in [5, 5.41) is 2.89. The van der Waals surface area contributed by atoms with Gasteiger partial charge in [0.25, 0.3) is 0 Å². The second-order valence-corrected chi connectivity index (χ2v) is 8.57. The molecule has 0 aromatic heterocycles. The average molecular weight is 398 g/mol. The lowest BCUT2D eigenvalue weighted by molar-refractivity contribution is -0.140. The van der Waals surface area contributed by atoms with Crippen LogP contribution in [-0.4, -0.2) is 42.3 Å². The van der Waals surface area contributed by atoms with E-state index in [9.17, 15) is 14.4 Å². The van der Waals surface area contributed by atoms with Crippen molar-refractivity contribution in [2.24, 2.45) is 11.8 Å². The molecule has 2 atom stereocenters. The van der Waals surface area contributed by atoms with E-state index < -0.39 is 0 Å². The summed E-state index contributed by atoms with van der Waals surface area (Å²) in [5.41, 5.74) is 1.95. The second-order valence-electron chi connectivity index (χ2n) is 8.57. The van der Waals surface area contributed by atoms with Crippen molar-refractivity contribution < 1.29 is 14.4 Å². The van der Waals surface area contributed by atoms with Gasteiger partial charge in [0.05, 0.1) is 11.8 Å². The molecule has 3 aliphatic rings. The van der Waals surface area contributed by atoms with Gasteiger partial charge in [-0.1, -0.05) is 25.7 Å². The largest absolute Gasteiger partial charge is 0.372 e. The van der Waals surface area contributed by atoms with Gasteiger partial charge >= 0.3 is 0 Å². The SMILES string of the molecule is O=C(CCN1C(=O)C2CCCCC2C1=O)Nc1ccc(N2CCCCCC2)cc1. The molecule has 2 heterocycles. The summed E-state index contributed by atoms with van der Waals surface area (Å²) in [6.07, 6.45) is 8.85. The Morgan fingerprint density at radius 3 is 2.03 bits per heavy atom. The molecule has 0 spiro atoms. The van der Waals surface area contributed by atoms with Crippen LogP contribution in [0.15, 0.2) is 24.3 Å². The molecule has 1 aromatic rings. The first-order valence-electron chi connectivity index (χ1n) is 11.1. The van der Waals surface area contributed by atoms with Gasteiger partial charge in [0.15, 0.2) is 0 Å². The number of anilines is 2. The van der Waals surface area contributed by atoms with Gasteiger partial charge in [-0.3, -0.25) is 19.3 Å². The first-order chi connectivity index (χ1) is 14.1. The molecule has 6 heteroatoms. The van der Waals surface area contributed by atoms with E-state index in [1.165, 1.54) is 36.3 Å². The van der Waals surface area contributed by atoms with Crippen LogP contribution in [0.1, 0.15) is 57.8 Å². The van der Waals surface area contributed by atoms with Crippen molar-refractivity contribution in [3.05, 3.63) is 24.3 Å². The van der Waals surface area contributed by atoms with Crippen molar-refractivity contribution in [3.63, 3.8) is 0 Å². The number of amides is 3. The summed E-state index contributed by atoms with van der Waals surface area (Å²) in [6.45, 7) is 2.36. The van der Waals surface area contributed by atoms with E-state index in [1.807, 2.05) is 12.1 Å². The Bertz CT molecular complexity index is 729. The van der Waals surface area contributed by atoms with Crippen molar-refractivity contribution in [2.75, 3.05) is 29.9 Å². The molecule has 2 saturated heterocycles. The number of nitrogens with zero attached hydrogens (tertiary/aromatic N) is 2. The molecule has 4 rings (SSSR count). The van der Waals surface area contributed by atoms with E-state index in [2.05, 4.69) is 22.3 Å². The zero-order valence-electron chi connectivity index (χ0n) is 17.1. The standard InChI is InChI=1S/C23H31N3O3/c27-21(13-16-26-22(28)19-7-3-4-8-20(19)23(26)29)24-17-9-11-18(12-10-17)25-14-5-1-2-6-15-25/h9-12,19-20H,1-8,13-16H2,(H,24,27). The van der Waals surface area contributed by atoms with Crippen molar-refractivity contribution in [2.45, 2.75) is 57.8 Å². The molecule has 6 nitrogen and oxygen atoms in total. The topological polar surface area (TPSA) is 69.7 Å². The first-order valence-corrected chi connectivity index (χ1v) is 11.1. The highest BCUT2D eigenvalue weighted by atomic mass is 16.2. The van der Waals surface area contributed by atoms with Crippen LogP contribution in [0.3, 0.4) is 0 Å². The molecule has 1 aliphatic carbocycles. The second kappa shape index (κ2) is 8.97. The number of imide groups is 1. The molecule has 1 aromatic carbocycles. The van der Waals surface area contributed by atoms with Gasteiger partial charge in [0.2, 0.25) is 17.7 Å². The van der Waals surface area contributed by atoms with E-state index in [0.29, 0.717) is 0 Å². The van der Waals surface area contributed by atoms with E-state index in [1.54, 1.807) is 0 Å². The van der Waals surface area contributed by atoms with E-state index >= 15 is 0 Å². The number of carbonyl (C=O) groups is 3. The molecule has 29 heavy (non-hydrogen) atoms. The minimum Gasteiger partial charge on any atom is -0.372 e. The zero-order valence-corrected chi connectivity index (χ0v) is 17.1. The maximum absolute atomic E-state index is 12.5. The van der Waals surface area contributed by atoms with Crippen LogP contribution in [0.5, 0.6) is 0 Å². The van der Waals surface area contributed by atoms with Crippen molar-refractivity contribution in [1.29, 1.82) is 0 Å². The molecule has 0 bridgehead atoms. The number of nitrogens with one attached hydrogen (secondary N) is 1. The number of hydrogen-bond acceptors (Lipinski definition) is 4.